The fourth-order valence-electron chi connectivity index (χ4n) is 9.75. The zero-order valence-corrected chi connectivity index (χ0v) is 37.4. The number of likely N-dealkylation sites (tertiary alicyclic amines) is 2. The number of hydrogen-bond acceptors (Lipinski definition) is 6. The van der Waals surface area contributed by atoms with E-state index in [1.165, 1.54) is 0 Å². The number of aromatic amines is 4. The van der Waals surface area contributed by atoms with Crippen LogP contribution in [0.4, 0.5) is 0 Å². The molecular weight excluding hydrogens is 874 g/mol. The van der Waals surface area contributed by atoms with Gasteiger partial charge in [-0.3, -0.25) is 4.90 Å². The molecule has 2 fully saturated rings. The Hall–Kier alpha value is -4.88. The molecule has 0 saturated carbocycles. The number of hydrogen-bond donors (Lipinski definition) is 6. The van der Waals surface area contributed by atoms with Gasteiger partial charge in [0.15, 0.2) is 11.5 Å². The van der Waals surface area contributed by atoms with E-state index in [2.05, 4.69) is 41.9 Å². The fourth-order valence-corrected chi connectivity index (χ4v) is 10.4. The lowest BCUT2D eigenvalue weighted by Crippen LogP contribution is -2.29. The van der Waals surface area contributed by atoms with Gasteiger partial charge in [-0.25, -0.2) is 0 Å². The lowest BCUT2D eigenvalue weighted by atomic mass is 10.1. The van der Waals surface area contributed by atoms with Gasteiger partial charge in [-0.05, 0) is 117 Å². The molecule has 6 heterocycles. The van der Waals surface area contributed by atoms with Crippen molar-refractivity contribution < 1.29 is 9.47 Å². The van der Waals surface area contributed by atoms with Crippen molar-refractivity contribution in [1.82, 2.24) is 29.7 Å². The summed E-state index contributed by atoms with van der Waals surface area (Å²) in [5.41, 5.74) is 20.1. The highest BCUT2D eigenvalue weighted by Gasteiger charge is 2.23. The minimum Gasteiger partial charge on any atom is -0.489 e. The van der Waals surface area contributed by atoms with Crippen LogP contribution >= 0.6 is 46.4 Å². The zero-order chi connectivity index (χ0) is 42.9. The Bertz CT molecular complexity index is 3180. The first-order chi connectivity index (χ1) is 30.6. The van der Waals surface area contributed by atoms with Crippen molar-refractivity contribution in [2.24, 2.45) is 11.5 Å². The van der Waals surface area contributed by atoms with Crippen LogP contribution < -0.4 is 20.9 Å². The molecule has 4 aromatic heterocycles. The molecule has 10 aromatic rings. The molecule has 0 spiro atoms. The van der Waals surface area contributed by atoms with E-state index >= 15 is 0 Å². The fraction of sp³-hybridized carbons (Fsp3) is 0.265. The third kappa shape index (κ3) is 7.70. The van der Waals surface area contributed by atoms with Crippen molar-refractivity contribution in [3.05, 3.63) is 105 Å². The molecule has 14 heteroatoms. The summed E-state index contributed by atoms with van der Waals surface area (Å²) < 4.78 is 12.9. The average Bonchev–Trinajstić information content (AvgIpc) is 4.14. The SMILES string of the molecule is N[C@H]1CCN(CCCOc2c3[nH]c4ccc(Cl)cc4c3cc3c2[nH]c2ccc(Cl)cc23)C1.N[C@H]1CCN(CCOc2c3[nH]c4ccc(Cl)cc4c3cc3c2[nH]c2ccc(Cl)cc23)C1. The summed E-state index contributed by atoms with van der Waals surface area (Å²) >= 11 is 25.3. The first-order valence-electron chi connectivity index (χ1n) is 21.5. The Morgan fingerprint density at radius 3 is 1.16 bits per heavy atom. The van der Waals surface area contributed by atoms with Crippen LogP contribution in [0.5, 0.6) is 11.5 Å². The summed E-state index contributed by atoms with van der Waals surface area (Å²) in [4.78, 5) is 19.0. The number of fused-ring (bicyclic) bond motifs is 12. The predicted molar refractivity (Wildman–Crippen MR) is 264 cm³/mol. The predicted octanol–water partition coefficient (Wildman–Crippen LogP) is 11.7. The van der Waals surface area contributed by atoms with Gasteiger partial charge in [-0.15, -0.1) is 0 Å². The Morgan fingerprint density at radius 1 is 0.460 bits per heavy atom. The first kappa shape index (κ1) is 40.9. The maximum atomic E-state index is 6.45. The molecular formula is C49H46Cl4N8O2. The molecule has 2 atom stereocenters. The quantitative estimate of drug-likeness (QED) is 0.0797. The van der Waals surface area contributed by atoms with E-state index in [4.69, 9.17) is 67.3 Å². The zero-order valence-electron chi connectivity index (χ0n) is 34.4. The number of nitrogens with one attached hydrogen (secondary N) is 4. The summed E-state index contributed by atoms with van der Waals surface area (Å²) in [6, 6.07) is 28.6. The molecule has 2 aliphatic rings. The molecule has 8 N–H and O–H groups in total. The van der Waals surface area contributed by atoms with E-state index < -0.39 is 0 Å². The minimum atomic E-state index is 0.270. The number of rotatable bonds is 9. The average molecular weight is 921 g/mol. The van der Waals surface area contributed by atoms with Crippen molar-refractivity contribution in [2.45, 2.75) is 31.3 Å². The monoisotopic (exact) mass is 918 g/mol. The summed E-state index contributed by atoms with van der Waals surface area (Å²) in [5, 5.41) is 11.5. The van der Waals surface area contributed by atoms with Crippen LogP contribution in [0.3, 0.4) is 0 Å². The maximum Gasteiger partial charge on any atom is 0.167 e. The number of halogens is 4. The van der Waals surface area contributed by atoms with E-state index in [0.717, 1.165) is 157 Å². The number of nitrogens with two attached hydrogens (primary N) is 2. The molecule has 10 nitrogen and oxygen atoms in total. The van der Waals surface area contributed by atoms with E-state index in [-0.39, 0.29) is 6.04 Å². The van der Waals surface area contributed by atoms with E-state index in [1.807, 2.05) is 72.8 Å². The van der Waals surface area contributed by atoms with Crippen molar-refractivity contribution in [1.29, 1.82) is 0 Å². The molecule has 6 aromatic carbocycles. The molecule has 0 radical (unpaired) electrons. The molecule has 322 valence electrons. The first-order valence-corrected chi connectivity index (χ1v) is 23.1. The largest absolute Gasteiger partial charge is 0.489 e. The summed E-state index contributed by atoms with van der Waals surface area (Å²) in [5.74, 6) is 1.67. The Morgan fingerprint density at radius 2 is 0.810 bits per heavy atom. The van der Waals surface area contributed by atoms with Crippen LogP contribution in [0.15, 0.2) is 84.9 Å². The molecule has 0 unspecified atom stereocenters. The second-order valence-electron chi connectivity index (χ2n) is 17.1. The van der Waals surface area contributed by atoms with Gasteiger partial charge in [-0.1, -0.05) is 46.4 Å². The van der Waals surface area contributed by atoms with Crippen LogP contribution in [-0.4, -0.2) is 94.3 Å². The molecule has 0 bridgehead atoms. The Balaban J connectivity index is 0.000000141. The molecule has 0 aliphatic carbocycles. The number of ether oxygens (including phenoxy) is 2. The van der Waals surface area contributed by atoms with Crippen LogP contribution in [0.25, 0.3) is 87.2 Å². The lowest BCUT2D eigenvalue weighted by Gasteiger charge is -2.16. The standard InChI is InChI=1S/C25H24Cl2N4O.C24H22Cl2N4O/c26-14-2-4-21-17(10-14)19-12-20-18-11-15(27)3-5-22(18)30-24(20)25(23(19)29-21)32-9-1-7-31-8-6-16(28)13-31;25-13-1-3-20-16(9-13)18-11-19-17-10-14(26)2-4-21(17)29-23(19)24(22(18)28-20)31-8-7-30-6-5-15(27)12-30/h2-5,10-12,16,29-30H,1,6-9,13,28H2;1-4,9-11,15,28-29H,5-8,12,27H2/t16-;15-/m00/s1. The lowest BCUT2D eigenvalue weighted by molar-refractivity contribution is 0.239. The second kappa shape index (κ2) is 16.6. The van der Waals surface area contributed by atoms with Crippen molar-refractivity contribution in [2.75, 3.05) is 52.5 Å². The van der Waals surface area contributed by atoms with Gasteiger partial charge in [0.2, 0.25) is 0 Å². The number of nitrogens with zero attached hydrogens (tertiary/aromatic N) is 2. The number of H-pyrrole nitrogens is 4. The topological polar surface area (TPSA) is 140 Å². The van der Waals surface area contributed by atoms with E-state index in [0.29, 0.717) is 39.3 Å². The Kier molecular flexibility index (Phi) is 10.8. The van der Waals surface area contributed by atoms with Crippen LogP contribution in [0.2, 0.25) is 20.1 Å². The maximum absolute atomic E-state index is 6.45. The minimum absolute atomic E-state index is 0.270. The smallest absolute Gasteiger partial charge is 0.167 e. The van der Waals surface area contributed by atoms with Gasteiger partial charge in [0.25, 0.3) is 0 Å². The molecule has 12 rings (SSSR count). The molecule has 2 saturated heterocycles. The molecule has 63 heavy (non-hydrogen) atoms. The van der Waals surface area contributed by atoms with E-state index in [9.17, 15) is 0 Å². The van der Waals surface area contributed by atoms with Crippen LogP contribution in [0, 0.1) is 0 Å². The van der Waals surface area contributed by atoms with Crippen LogP contribution in [-0.2, 0) is 0 Å². The molecule has 2 aliphatic heterocycles. The van der Waals surface area contributed by atoms with Gasteiger partial charge in [0, 0.05) is 124 Å². The summed E-state index contributed by atoms with van der Waals surface area (Å²) in [6.07, 6.45) is 3.07. The highest BCUT2D eigenvalue weighted by atomic mass is 35.5. The summed E-state index contributed by atoms with van der Waals surface area (Å²) in [6.45, 7) is 7.08. The van der Waals surface area contributed by atoms with Crippen LogP contribution in [0.1, 0.15) is 19.3 Å². The number of benzene rings is 6. The second-order valence-corrected chi connectivity index (χ2v) is 18.9. The number of aromatic nitrogens is 4. The Labute approximate surface area is 382 Å². The third-order valence-electron chi connectivity index (χ3n) is 12.8. The highest BCUT2D eigenvalue weighted by Crippen LogP contribution is 2.43. The van der Waals surface area contributed by atoms with Crippen molar-refractivity contribution in [3.63, 3.8) is 0 Å². The molecule has 0 amide bonds. The van der Waals surface area contributed by atoms with Gasteiger partial charge in [-0.2, -0.15) is 0 Å². The van der Waals surface area contributed by atoms with Gasteiger partial charge in [0.05, 0.1) is 28.7 Å². The van der Waals surface area contributed by atoms with Crippen molar-refractivity contribution in [3.8, 4) is 11.5 Å². The van der Waals surface area contributed by atoms with Gasteiger partial charge in [0.1, 0.15) is 6.61 Å². The summed E-state index contributed by atoms with van der Waals surface area (Å²) in [7, 11) is 0. The highest BCUT2D eigenvalue weighted by molar-refractivity contribution is 6.34. The van der Waals surface area contributed by atoms with E-state index in [1.54, 1.807) is 0 Å². The van der Waals surface area contributed by atoms with Crippen molar-refractivity contribution >= 4 is 134 Å². The normalized spacial score (nSPS) is 17.5. The van der Waals surface area contributed by atoms with Gasteiger partial charge >= 0.3 is 0 Å². The third-order valence-corrected chi connectivity index (χ3v) is 13.8. The van der Waals surface area contributed by atoms with Gasteiger partial charge < -0.3 is 45.8 Å².